The minimum absolute atomic E-state index is 0.103. The van der Waals surface area contributed by atoms with Crippen LogP contribution in [0, 0.1) is 0 Å². The van der Waals surface area contributed by atoms with Crippen molar-refractivity contribution in [1.82, 2.24) is 0 Å². The van der Waals surface area contributed by atoms with Gasteiger partial charge in [-0.15, -0.1) is 0 Å². The van der Waals surface area contributed by atoms with Crippen LogP contribution in [0.5, 0.6) is 0 Å². The van der Waals surface area contributed by atoms with Gasteiger partial charge in [-0.3, -0.25) is 0 Å². The number of benzene rings is 6. The SMILES string of the molecule is CC(C)(C)N1c2ccccc2C2(c3ccccc31)c1ccccc1[Si](c1ccccc1)(c1ccccc1)c1ccccc12. The molecule has 0 fully saturated rings. The highest BCUT2D eigenvalue weighted by atomic mass is 28.3. The van der Waals surface area contributed by atoms with Crippen molar-refractivity contribution < 1.29 is 0 Å². The Hall–Kier alpha value is -4.66. The van der Waals surface area contributed by atoms with E-state index >= 15 is 0 Å². The molecule has 208 valence electrons. The van der Waals surface area contributed by atoms with Crippen molar-refractivity contribution in [3.8, 4) is 0 Å². The third-order valence-electron chi connectivity index (χ3n) is 9.65. The summed E-state index contributed by atoms with van der Waals surface area (Å²) < 4.78 is 0. The maximum absolute atomic E-state index is 2.70. The predicted octanol–water partition coefficient (Wildman–Crippen LogP) is 7.01. The average molecular weight is 570 g/mol. The number of anilines is 2. The van der Waals surface area contributed by atoms with Crippen LogP contribution in [-0.2, 0) is 5.41 Å². The van der Waals surface area contributed by atoms with Crippen LogP contribution >= 0.6 is 0 Å². The zero-order chi connectivity index (χ0) is 29.2. The molecule has 0 atom stereocenters. The molecular weight excluding hydrogens is 535 g/mol. The fourth-order valence-corrected chi connectivity index (χ4v) is 13.6. The molecule has 0 aromatic heterocycles. The van der Waals surface area contributed by atoms with Gasteiger partial charge in [0.15, 0.2) is 8.07 Å². The molecule has 43 heavy (non-hydrogen) atoms. The highest BCUT2D eigenvalue weighted by Crippen LogP contribution is 2.57. The summed E-state index contributed by atoms with van der Waals surface area (Å²) in [4.78, 5) is 2.56. The van der Waals surface area contributed by atoms with E-state index in [0.717, 1.165) is 0 Å². The molecule has 2 heteroatoms. The molecule has 6 aromatic carbocycles. The van der Waals surface area contributed by atoms with Gasteiger partial charge in [0.2, 0.25) is 0 Å². The van der Waals surface area contributed by atoms with Gasteiger partial charge in [0.1, 0.15) is 0 Å². The largest absolute Gasteiger partial charge is 0.336 e. The van der Waals surface area contributed by atoms with E-state index in [9.17, 15) is 0 Å². The normalized spacial score (nSPS) is 15.7. The Morgan fingerprint density at radius 2 is 0.767 bits per heavy atom. The molecule has 2 aliphatic heterocycles. The number of nitrogens with zero attached hydrogens (tertiary/aromatic N) is 1. The van der Waals surface area contributed by atoms with Crippen LogP contribution in [0.25, 0.3) is 0 Å². The second-order valence-corrected chi connectivity index (χ2v) is 16.6. The van der Waals surface area contributed by atoms with Crippen LogP contribution in [-0.4, -0.2) is 13.6 Å². The maximum atomic E-state index is 2.56. The molecule has 6 aromatic rings. The van der Waals surface area contributed by atoms with Crippen LogP contribution in [0.3, 0.4) is 0 Å². The third kappa shape index (κ3) is 3.39. The van der Waals surface area contributed by atoms with Crippen molar-refractivity contribution in [3.63, 3.8) is 0 Å². The number of fused-ring (bicyclic) bond motifs is 8. The highest BCUT2D eigenvalue weighted by molar-refractivity contribution is 7.20. The minimum Gasteiger partial charge on any atom is -0.336 e. The predicted molar refractivity (Wildman–Crippen MR) is 184 cm³/mol. The number of para-hydroxylation sites is 2. The standard InChI is InChI=1S/C41H35NSi/c1-40(2,3)42-36-26-14-10-22-32(36)41(33-23-11-15-27-37(33)42)34-24-12-16-28-38(34)43(30-18-6-4-7-19-30,31-20-8-5-9-21-31)39-29-17-13-25-35(39)41/h4-29H,1-3H3. The van der Waals surface area contributed by atoms with Crippen LogP contribution in [0.2, 0.25) is 0 Å². The molecule has 0 bridgehead atoms. The van der Waals surface area contributed by atoms with Gasteiger partial charge in [0, 0.05) is 16.9 Å². The van der Waals surface area contributed by atoms with Crippen molar-refractivity contribution in [1.29, 1.82) is 0 Å². The first-order valence-electron chi connectivity index (χ1n) is 15.3. The lowest BCUT2D eigenvalue weighted by Crippen LogP contribution is -2.79. The smallest absolute Gasteiger partial charge is 0.180 e. The summed E-state index contributed by atoms with van der Waals surface area (Å²) in [6, 6.07) is 59.7. The van der Waals surface area contributed by atoms with Gasteiger partial charge in [-0.1, -0.05) is 146 Å². The molecule has 0 aliphatic carbocycles. The highest BCUT2D eigenvalue weighted by Gasteiger charge is 2.57. The van der Waals surface area contributed by atoms with Gasteiger partial charge >= 0.3 is 0 Å². The number of rotatable bonds is 2. The summed E-state index contributed by atoms with van der Waals surface area (Å²) in [7, 11) is -2.70. The lowest BCUT2D eigenvalue weighted by molar-refractivity contribution is 0.543. The summed E-state index contributed by atoms with van der Waals surface area (Å²) in [5.41, 5.74) is 7.53. The molecule has 2 heterocycles. The number of hydrogen-bond donors (Lipinski definition) is 0. The van der Waals surface area contributed by atoms with Crippen molar-refractivity contribution in [2.75, 3.05) is 4.90 Å². The van der Waals surface area contributed by atoms with Gasteiger partial charge in [0.25, 0.3) is 0 Å². The molecule has 0 radical (unpaired) electrons. The second kappa shape index (κ2) is 9.42. The second-order valence-electron chi connectivity index (χ2n) is 12.9. The van der Waals surface area contributed by atoms with Gasteiger partial charge in [0.05, 0.1) is 5.41 Å². The Morgan fingerprint density at radius 1 is 0.419 bits per heavy atom. The Bertz CT molecular complexity index is 1830. The first-order chi connectivity index (χ1) is 21.0. The lowest BCUT2D eigenvalue weighted by atomic mass is 9.61. The van der Waals surface area contributed by atoms with Crippen LogP contribution in [0.1, 0.15) is 43.0 Å². The van der Waals surface area contributed by atoms with Crippen LogP contribution < -0.4 is 25.6 Å². The number of hydrogen-bond acceptors (Lipinski definition) is 1. The van der Waals surface area contributed by atoms with Crippen molar-refractivity contribution in [2.45, 2.75) is 31.7 Å². The van der Waals surface area contributed by atoms with E-state index in [-0.39, 0.29) is 5.54 Å². The monoisotopic (exact) mass is 569 g/mol. The van der Waals surface area contributed by atoms with E-state index in [4.69, 9.17) is 0 Å². The first kappa shape index (κ1) is 26.0. The van der Waals surface area contributed by atoms with E-state index in [1.165, 1.54) is 54.4 Å². The van der Waals surface area contributed by atoms with E-state index in [2.05, 4.69) is 183 Å². The van der Waals surface area contributed by atoms with Crippen LogP contribution in [0.15, 0.2) is 158 Å². The van der Waals surface area contributed by atoms with E-state index in [0.29, 0.717) is 0 Å². The van der Waals surface area contributed by atoms with Gasteiger partial charge < -0.3 is 4.90 Å². The molecular formula is C41H35NSi. The van der Waals surface area contributed by atoms with E-state index < -0.39 is 13.5 Å². The lowest BCUT2D eigenvalue weighted by Gasteiger charge is -2.55. The van der Waals surface area contributed by atoms with Crippen LogP contribution in [0.4, 0.5) is 11.4 Å². The Labute approximate surface area is 256 Å². The minimum atomic E-state index is -2.70. The Morgan fingerprint density at radius 3 is 1.19 bits per heavy atom. The van der Waals surface area contributed by atoms with Gasteiger partial charge in [-0.25, -0.2) is 0 Å². The van der Waals surface area contributed by atoms with Crippen molar-refractivity contribution >= 4 is 40.2 Å². The molecule has 0 amide bonds. The third-order valence-corrected chi connectivity index (χ3v) is 14.5. The van der Waals surface area contributed by atoms with Gasteiger partial charge in [-0.2, -0.15) is 0 Å². The quantitative estimate of drug-likeness (QED) is 0.203. The molecule has 1 nitrogen and oxygen atoms in total. The van der Waals surface area contributed by atoms with Crippen molar-refractivity contribution in [2.24, 2.45) is 0 Å². The average Bonchev–Trinajstić information content (AvgIpc) is 3.05. The summed E-state index contributed by atoms with van der Waals surface area (Å²) in [5.74, 6) is 0. The molecule has 0 unspecified atom stereocenters. The Kier molecular flexibility index (Phi) is 5.70. The topological polar surface area (TPSA) is 3.24 Å². The molecule has 0 N–H and O–H groups in total. The molecule has 0 saturated heterocycles. The molecule has 1 spiro atoms. The molecule has 2 aliphatic rings. The molecule has 0 saturated carbocycles. The fourth-order valence-electron chi connectivity index (χ4n) is 8.28. The Balaban J connectivity index is 1.61. The zero-order valence-corrected chi connectivity index (χ0v) is 26.0. The van der Waals surface area contributed by atoms with E-state index in [1.54, 1.807) is 0 Å². The summed E-state index contributed by atoms with van der Waals surface area (Å²) in [5, 5.41) is 5.79. The van der Waals surface area contributed by atoms with E-state index in [1.807, 2.05) is 0 Å². The summed E-state index contributed by atoms with van der Waals surface area (Å²) in [6.07, 6.45) is 0. The van der Waals surface area contributed by atoms with Gasteiger partial charge in [-0.05, 0) is 75.9 Å². The summed E-state index contributed by atoms with van der Waals surface area (Å²) in [6.45, 7) is 6.97. The fraction of sp³-hybridized carbons (Fsp3) is 0.122. The maximum Gasteiger partial charge on any atom is 0.180 e. The van der Waals surface area contributed by atoms with Crippen molar-refractivity contribution in [3.05, 3.63) is 180 Å². The zero-order valence-electron chi connectivity index (χ0n) is 25.0. The first-order valence-corrected chi connectivity index (χ1v) is 17.3. The summed E-state index contributed by atoms with van der Waals surface area (Å²) >= 11 is 0. The molecule has 8 rings (SSSR count).